The van der Waals surface area contributed by atoms with Gasteiger partial charge in [0.15, 0.2) is 0 Å². The third-order valence-corrected chi connectivity index (χ3v) is 10.2. The van der Waals surface area contributed by atoms with Gasteiger partial charge in [-0.2, -0.15) is 5.26 Å². The van der Waals surface area contributed by atoms with Gasteiger partial charge in [-0.3, -0.25) is 9.58 Å². The molecule has 5 heterocycles. The van der Waals surface area contributed by atoms with Crippen molar-refractivity contribution < 1.29 is 28.4 Å². The minimum Gasteiger partial charge on any atom is -0.487 e. The highest BCUT2D eigenvalue weighted by molar-refractivity contribution is 5.67. The van der Waals surface area contributed by atoms with Crippen molar-refractivity contribution in [2.24, 2.45) is 0 Å². The van der Waals surface area contributed by atoms with E-state index >= 15 is 0 Å². The van der Waals surface area contributed by atoms with E-state index in [9.17, 15) is 5.26 Å². The molecule has 0 unspecified atom stereocenters. The van der Waals surface area contributed by atoms with Gasteiger partial charge in [-0.05, 0) is 73.6 Å². The maximum atomic E-state index is 9.71. The topological polar surface area (TPSA) is 182 Å². The van der Waals surface area contributed by atoms with Crippen LogP contribution in [-0.4, -0.2) is 129 Å². The van der Waals surface area contributed by atoms with Gasteiger partial charge in [0.05, 0.1) is 70.6 Å². The van der Waals surface area contributed by atoms with Crippen molar-refractivity contribution >= 4 is 11.6 Å². The zero-order valence-corrected chi connectivity index (χ0v) is 31.0. The Balaban J connectivity index is 0.999. The Kier molecular flexibility index (Phi) is 12.9. The second-order valence-electron chi connectivity index (χ2n) is 13.9. The van der Waals surface area contributed by atoms with Crippen LogP contribution in [0, 0.1) is 11.3 Å². The molecule has 1 N–H and O–H groups in total. The maximum absolute atomic E-state index is 9.71. The number of hydrogen-bond acceptors (Lipinski definition) is 15. The van der Waals surface area contributed by atoms with Crippen molar-refractivity contribution in [3.8, 4) is 28.8 Å². The molecule has 1 aromatic carbocycles. The lowest BCUT2D eigenvalue weighted by Gasteiger charge is -2.43. The Hall–Kier alpha value is -4.73. The van der Waals surface area contributed by atoms with Crippen molar-refractivity contribution in [2.45, 2.75) is 82.3 Å². The summed E-state index contributed by atoms with van der Waals surface area (Å²) in [6.07, 6.45) is 13.6. The van der Waals surface area contributed by atoms with Crippen LogP contribution in [0.1, 0.15) is 57.1 Å². The fraction of sp³-hybridized carbons (Fsp3) is 0.595. The number of hydrogen-bond donors (Lipinski definition) is 1. The molecule has 54 heavy (non-hydrogen) atoms. The number of nitrogens with zero attached hydrogens (tertiary/aromatic N) is 10. The van der Waals surface area contributed by atoms with Gasteiger partial charge in [0.25, 0.3) is 5.88 Å². The number of rotatable bonds is 19. The SMILES string of the molecule is COCCOCCOCCOc1nn([C@H]2CC[C@H](N3[C@@H]4CC[C@H]3COC4)CC2)cc1Nc1ncc(-c2ccc(C#N)c(O[C@@H](C)Cn3cnnn3)c2)cn1. The van der Waals surface area contributed by atoms with Crippen molar-refractivity contribution in [3.05, 3.63) is 48.7 Å². The van der Waals surface area contributed by atoms with Crippen molar-refractivity contribution in [1.29, 1.82) is 5.26 Å². The van der Waals surface area contributed by atoms with Gasteiger partial charge in [-0.1, -0.05) is 6.07 Å². The third-order valence-electron chi connectivity index (χ3n) is 10.2. The summed E-state index contributed by atoms with van der Waals surface area (Å²) in [5.41, 5.74) is 2.69. The summed E-state index contributed by atoms with van der Waals surface area (Å²) in [5.74, 6) is 1.33. The van der Waals surface area contributed by atoms with E-state index in [0.29, 0.717) is 93.1 Å². The number of anilines is 2. The van der Waals surface area contributed by atoms with E-state index in [2.05, 4.69) is 41.8 Å². The van der Waals surface area contributed by atoms with Crippen LogP contribution in [-0.2, 0) is 25.5 Å². The highest BCUT2D eigenvalue weighted by Crippen LogP contribution is 2.39. The first-order valence-electron chi connectivity index (χ1n) is 18.8. The molecule has 2 saturated heterocycles. The number of aromatic nitrogens is 8. The largest absolute Gasteiger partial charge is 0.487 e. The fourth-order valence-corrected chi connectivity index (χ4v) is 7.63. The minimum atomic E-state index is -0.280. The molecule has 2 aliphatic heterocycles. The minimum absolute atomic E-state index is 0.269. The first kappa shape index (κ1) is 37.6. The Labute approximate surface area is 314 Å². The van der Waals surface area contributed by atoms with Crippen LogP contribution in [0.2, 0.25) is 0 Å². The Morgan fingerprint density at radius 1 is 0.907 bits per heavy atom. The molecule has 0 radical (unpaired) electrons. The van der Waals surface area contributed by atoms with Crippen LogP contribution in [0.4, 0.5) is 11.6 Å². The normalized spacial score (nSPS) is 21.8. The van der Waals surface area contributed by atoms with Crippen LogP contribution >= 0.6 is 0 Å². The van der Waals surface area contributed by atoms with Gasteiger partial charge in [0.1, 0.15) is 36.5 Å². The predicted molar refractivity (Wildman–Crippen MR) is 195 cm³/mol. The number of nitrogens with one attached hydrogen (secondary N) is 1. The Morgan fingerprint density at radius 3 is 2.31 bits per heavy atom. The summed E-state index contributed by atoms with van der Waals surface area (Å²) in [6, 6.07) is 9.63. The molecule has 7 rings (SSSR count). The molecule has 2 bridgehead atoms. The predicted octanol–water partition coefficient (Wildman–Crippen LogP) is 3.81. The van der Waals surface area contributed by atoms with E-state index < -0.39 is 0 Å². The molecule has 0 spiro atoms. The Bertz CT molecular complexity index is 1780. The lowest BCUT2D eigenvalue weighted by molar-refractivity contribution is -0.0458. The second kappa shape index (κ2) is 18.5. The molecule has 3 aliphatic rings. The van der Waals surface area contributed by atoms with Crippen molar-refractivity contribution in [2.75, 3.05) is 65.3 Å². The fourth-order valence-electron chi connectivity index (χ4n) is 7.63. The molecular weight excluding hydrogens is 694 g/mol. The van der Waals surface area contributed by atoms with Gasteiger partial charge in [0.2, 0.25) is 5.95 Å². The van der Waals surface area contributed by atoms with Gasteiger partial charge in [-0.15, -0.1) is 10.2 Å². The van der Waals surface area contributed by atoms with Gasteiger partial charge >= 0.3 is 0 Å². The average Bonchev–Trinajstić information content (AvgIpc) is 3.92. The monoisotopic (exact) mass is 743 g/mol. The van der Waals surface area contributed by atoms with E-state index in [1.54, 1.807) is 30.3 Å². The van der Waals surface area contributed by atoms with Crippen LogP contribution in [0.25, 0.3) is 11.1 Å². The lowest BCUT2D eigenvalue weighted by Crippen LogP contribution is -2.52. The molecule has 1 aliphatic carbocycles. The number of nitriles is 1. The maximum Gasteiger partial charge on any atom is 0.257 e. The number of tetrazole rings is 1. The van der Waals surface area contributed by atoms with E-state index in [4.69, 9.17) is 33.5 Å². The molecule has 288 valence electrons. The lowest BCUT2D eigenvalue weighted by atomic mass is 9.89. The standard InChI is InChI=1S/C37H49N11O6/c1-26(21-46-25-41-44-45-46)54-35-17-27(3-4-28(35)18-38)29-19-39-37(40-20-29)42-34-22-47(43-36(34)53-16-15-51-14-13-50-12-11-49-2)30-5-7-31(8-6-30)48-32-9-10-33(48)24-52-23-32/h3-4,17,19-20,22,25-26,30-33H,5-16,21,23-24H2,1-2H3,(H,39,40,42)/t26-,30-,31-,32-,33+/m0/s1. The molecule has 0 amide bonds. The van der Waals surface area contributed by atoms with E-state index in [1.807, 2.05) is 29.9 Å². The van der Waals surface area contributed by atoms with Crippen LogP contribution in [0.5, 0.6) is 11.6 Å². The van der Waals surface area contributed by atoms with E-state index in [0.717, 1.165) is 50.0 Å². The molecule has 17 nitrogen and oxygen atoms in total. The highest BCUT2D eigenvalue weighted by atomic mass is 16.6. The summed E-state index contributed by atoms with van der Waals surface area (Å²) >= 11 is 0. The second-order valence-corrected chi connectivity index (χ2v) is 13.9. The summed E-state index contributed by atoms with van der Waals surface area (Å²) < 4.78 is 37.9. The van der Waals surface area contributed by atoms with Crippen molar-refractivity contribution in [3.63, 3.8) is 0 Å². The first-order chi connectivity index (χ1) is 26.6. The molecule has 3 fully saturated rings. The zero-order chi connectivity index (χ0) is 37.1. The van der Waals surface area contributed by atoms with Crippen molar-refractivity contribution in [1.82, 2.24) is 44.9 Å². The van der Waals surface area contributed by atoms with Gasteiger partial charge in [0, 0.05) is 43.2 Å². The zero-order valence-electron chi connectivity index (χ0n) is 31.0. The van der Waals surface area contributed by atoms with Crippen LogP contribution < -0.4 is 14.8 Å². The smallest absolute Gasteiger partial charge is 0.257 e. The molecular formula is C37H49N11O6. The highest BCUT2D eigenvalue weighted by Gasteiger charge is 2.42. The molecule has 17 heteroatoms. The quantitative estimate of drug-likeness (QED) is 0.137. The average molecular weight is 744 g/mol. The summed E-state index contributed by atoms with van der Waals surface area (Å²) in [5, 5.41) is 29.2. The number of methoxy groups -OCH3 is 1. The van der Waals surface area contributed by atoms with Crippen LogP contribution in [0.3, 0.4) is 0 Å². The first-order valence-corrected chi connectivity index (χ1v) is 18.8. The number of benzene rings is 1. The van der Waals surface area contributed by atoms with Gasteiger partial charge in [-0.25, -0.2) is 14.6 Å². The number of fused-ring (bicyclic) bond motifs is 2. The molecule has 4 aromatic rings. The number of morpholine rings is 1. The third kappa shape index (κ3) is 9.49. The summed E-state index contributed by atoms with van der Waals surface area (Å²) in [4.78, 5) is 12.0. The van der Waals surface area contributed by atoms with E-state index in [-0.39, 0.29) is 12.1 Å². The Morgan fingerprint density at radius 2 is 1.61 bits per heavy atom. The molecule has 3 atom stereocenters. The molecule has 3 aromatic heterocycles. The summed E-state index contributed by atoms with van der Waals surface area (Å²) in [6.45, 7) is 6.83. The van der Waals surface area contributed by atoms with Gasteiger partial charge < -0.3 is 33.7 Å². The molecule has 1 saturated carbocycles. The summed E-state index contributed by atoms with van der Waals surface area (Å²) in [7, 11) is 1.65. The van der Waals surface area contributed by atoms with E-state index in [1.165, 1.54) is 19.2 Å². The number of ether oxygens (including phenoxy) is 6. The van der Waals surface area contributed by atoms with Crippen LogP contribution in [0.15, 0.2) is 43.1 Å².